The Labute approximate surface area is 227 Å². The molecule has 204 valence electrons. The largest absolute Gasteiger partial charge is 0.453 e. The van der Waals surface area contributed by atoms with Crippen LogP contribution in [0.2, 0.25) is 0 Å². The number of carbonyl (C=O) groups is 4. The number of hydrogen-bond donors (Lipinski definition) is 2. The predicted octanol–water partition coefficient (Wildman–Crippen LogP) is 3.16. The Bertz CT molecular complexity index is 1330. The summed E-state index contributed by atoms with van der Waals surface area (Å²) in [5.41, 5.74) is 2.67. The van der Waals surface area contributed by atoms with Crippen molar-refractivity contribution in [3.8, 4) is 0 Å². The lowest BCUT2D eigenvalue weighted by molar-refractivity contribution is -0.115. The second kappa shape index (κ2) is 11.2. The molecule has 13 heteroatoms. The molecule has 5 rings (SSSR count). The minimum absolute atomic E-state index is 0.0947. The van der Waals surface area contributed by atoms with E-state index in [0.29, 0.717) is 42.5 Å². The molecule has 0 aromatic heterocycles. The van der Waals surface area contributed by atoms with Crippen molar-refractivity contribution in [1.82, 2.24) is 10.6 Å². The number of cyclic esters (lactones) is 1. The summed E-state index contributed by atoms with van der Waals surface area (Å²) in [4.78, 5) is 52.5. The van der Waals surface area contributed by atoms with Gasteiger partial charge in [-0.1, -0.05) is 12.1 Å². The highest BCUT2D eigenvalue weighted by Gasteiger charge is 2.33. The van der Waals surface area contributed by atoms with Gasteiger partial charge >= 0.3 is 12.2 Å². The molecule has 0 spiro atoms. The van der Waals surface area contributed by atoms with E-state index in [2.05, 4.69) is 20.3 Å². The number of alkyl carbamates (subject to hydrolysis) is 1. The minimum Gasteiger partial charge on any atom is -0.453 e. The topological polar surface area (TPSA) is 121 Å². The molecule has 3 saturated heterocycles. The third-order valence-electron chi connectivity index (χ3n) is 6.59. The number of nitrogens with one attached hydrogen (secondary N) is 2. The van der Waals surface area contributed by atoms with Crippen molar-refractivity contribution in [2.24, 2.45) is 0 Å². The summed E-state index contributed by atoms with van der Waals surface area (Å²) < 4.78 is 24.9. The highest BCUT2D eigenvalue weighted by atomic mass is 32.2. The molecule has 3 heterocycles. The van der Waals surface area contributed by atoms with E-state index in [-0.39, 0.29) is 24.2 Å². The highest BCUT2D eigenvalue weighted by Crippen LogP contribution is 2.30. The van der Waals surface area contributed by atoms with Crippen molar-refractivity contribution in [2.75, 3.05) is 61.1 Å². The number of hydrogen-bond acceptors (Lipinski definition) is 9. The Morgan fingerprint density at radius 3 is 2.44 bits per heavy atom. The van der Waals surface area contributed by atoms with Crippen LogP contribution in [0, 0.1) is 5.82 Å². The van der Waals surface area contributed by atoms with Crippen LogP contribution in [0.3, 0.4) is 0 Å². The third kappa shape index (κ3) is 5.93. The number of thioether (sulfide) groups is 1. The number of rotatable bonds is 6. The molecule has 0 aliphatic carbocycles. The average Bonchev–Trinajstić information content (AvgIpc) is 3.47. The summed E-state index contributed by atoms with van der Waals surface area (Å²) in [6, 6.07) is 12.4. The monoisotopic (exact) mass is 555 g/mol. The summed E-state index contributed by atoms with van der Waals surface area (Å²) in [6.45, 7) is 2.85. The molecule has 3 aliphatic rings. The van der Waals surface area contributed by atoms with Gasteiger partial charge in [-0.25, -0.2) is 14.0 Å². The molecule has 3 fully saturated rings. The molecular formula is C26H26FN5O6S. The van der Waals surface area contributed by atoms with Crippen molar-refractivity contribution in [3.63, 3.8) is 0 Å². The molecule has 2 aromatic carbocycles. The molecule has 0 saturated carbocycles. The van der Waals surface area contributed by atoms with Crippen LogP contribution in [0.15, 0.2) is 47.4 Å². The maximum absolute atomic E-state index is 15.1. The van der Waals surface area contributed by atoms with Crippen LogP contribution in [0.5, 0.6) is 0 Å². The molecule has 2 aromatic rings. The highest BCUT2D eigenvalue weighted by molar-refractivity contribution is 8.18. The smallest absolute Gasteiger partial charge is 0.414 e. The fourth-order valence-corrected chi connectivity index (χ4v) is 5.27. The number of imide groups is 1. The zero-order valence-corrected chi connectivity index (χ0v) is 21.8. The zero-order chi connectivity index (χ0) is 27.5. The first kappa shape index (κ1) is 26.4. The van der Waals surface area contributed by atoms with Crippen molar-refractivity contribution in [1.29, 1.82) is 0 Å². The first-order valence-electron chi connectivity index (χ1n) is 12.2. The Balaban J connectivity index is 1.17. The fourth-order valence-electron chi connectivity index (χ4n) is 4.59. The van der Waals surface area contributed by atoms with Gasteiger partial charge in [-0.05, 0) is 53.7 Å². The number of anilines is 3. The normalized spacial score (nSPS) is 20.4. The molecule has 0 bridgehead atoms. The Morgan fingerprint density at radius 2 is 1.79 bits per heavy atom. The van der Waals surface area contributed by atoms with E-state index in [4.69, 9.17) is 4.74 Å². The number of benzene rings is 2. The summed E-state index contributed by atoms with van der Waals surface area (Å²) in [5, 5.41) is 4.36. The van der Waals surface area contributed by atoms with Crippen LogP contribution >= 0.6 is 11.8 Å². The van der Waals surface area contributed by atoms with Gasteiger partial charge < -0.3 is 24.6 Å². The van der Waals surface area contributed by atoms with Crippen LogP contribution in [0.4, 0.5) is 35.8 Å². The van der Waals surface area contributed by atoms with Gasteiger partial charge in [-0.15, -0.1) is 0 Å². The van der Waals surface area contributed by atoms with Crippen LogP contribution in [0.25, 0.3) is 6.08 Å². The fraction of sp³-hybridized carbons (Fsp3) is 0.308. The zero-order valence-electron chi connectivity index (χ0n) is 21.0. The summed E-state index contributed by atoms with van der Waals surface area (Å²) in [6.07, 6.45) is -0.112. The van der Waals surface area contributed by atoms with Crippen LogP contribution < -0.4 is 25.3 Å². The molecule has 1 atom stereocenters. The van der Waals surface area contributed by atoms with Gasteiger partial charge in [0.05, 0.1) is 36.5 Å². The van der Waals surface area contributed by atoms with E-state index >= 15 is 4.39 Å². The van der Waals surface area contributed by atoms with Crippen molar-refractivity contribution in [3.05, 3.63) is 58.8 Å². The van der Waals surface area contributed by atoms with Crippen molar-refractivity contribution in [2.45, 2.75) is 6.10 Å². The van der Waals surface area contributed by atoms with Gasteiger partial charge in [0.1, 0.15) is 11.9 Å². The molecule has 4 amide bonds. The minimum atomic E-state index is -0.623. The van der Waals surface area contributed by atoms with Crippen molar-refractivity contribution < 1.29 is 33.0 Å². The number of piperazine rings is 1. The average molecular weight is 556 g/mol. The Morgan fingerprint density at radius 1 is 1.10 bits per heavy atom. The Kier molecular flexibility index (Phi) is 7.59. The van der Waals surface area contributed by atoms with E-state index in [1.165, 1.54) is 18.1 Å². The van der Waals surface area contributed by atoms with Gasteiger partial charge in [0.2, 0.25) is 0 Å². The van der Waals surface area contributed by atoms with E-state index in [0.717, 1.165) is 23.0 Å². The van der Waals surface area contributed by atoms with E-state index in [1.807, 2.05) is 29.2 Å². The van der Waals surface area contributed by atoms with Gasteiger partial charge in [0.15, 0.2) is 0 Å². The predicted molar refractivity (Wildman–Crippen MR) is 144 cm³/mol. The first-order chi connectivity index (χ1) is 18.8. The molecule has 11 nitrogen and oxygen atoms in total. The van der Waals surface area contributed by atoms with Gasteiger partial charge in [-0.3, -0.25) is 19.8 Å². The standard InChI is InChI=1S/C26H26FN5O6S/c1-37-24(34)28-14-19-15-32(26(36)38-19)18-6-7-21(20(27)13-18)31-10-8-30(9-11-31)17-4-2-16(3-5-17)12-22-23(33)29-25(35)39-22/h2-7,12-13,19H,8-11,14-15H2,1H3,(H,28,34)(H,29,33,35)/b22-12-/t19-/m0/s1. The quantitative estimate of drug-likeness (QED) is 0.518. The summed E-state index contributed by atoms with van der Waals surface area (Å²) in [7, 11) is 1.24. The molecular weight excluding hydrogens is 529 g/mol. The maximum Gasteiger partial charge on any atom is 0.414 e. The van der Waals surface area contributed by atoms with Crippen LogP contribution in [0.1, 0.15) is 5.56 Å². The molecule has 3 aliphatic heterocycles. The van der Waals surface area contributed by atoms with Gasteiger partial charge in [0.25, 0.3) is 11.1 Å². The lowest BCUT2D eigenvalue weighted by atomic mass is 10.1. The number of methoxy groups -OCH3 is 1. The van der Waals surface area contributed by atoms with Crippen LogP contribution in [-0.2, 0) is 14.3 Å². The number of carbonyl (C=O) groups excluding carboxylic acids is 4. The van der Waals surface area contributed by atoms with Gasteiger partial charge in [-0.2, -0.15) is 0 Å². The van der Waals surface area contributed by atoms with Gasteiger partial charge in [0, 0.05) is 31.9 Å². The van der Waals surface area contributed by atoms with E-state index in [1.54, 1.807) is 18.2 Å². The van der Waals surface area contributed by atoms with E-state index in [9.17, 15) is 19.2 Å². The molecule has 39 heavy (non-hydrogen) atoms. The summed E-state index contributed by atoms with van der Waals surface area (Å²) in [5.74, 6) is -0.822. The van der Waals surface area contributed by atoms with Crippen molar-refractivity contribution >= 4 is 58.2 Å². The Hall–Kier alpha value is -4.26. The maximum atomic E-state index is 15.1. The molecule has 0 radical (unpaired) electrons. The lowest BCUT2D eigenvalue weighted by Gasteiger charge is -2.37. The third-order valence-corrected chi connectivity index (χ3v) is 7.41. The molecule has 0 unspecified atom stereocenters. The lowest BCUT2D eigenvalue weighted by Crippen LogP contribution is -2.46. The first-order valence-corrected chi connectivity index (χ1v) is 13.1. The number of ether oxygens (including phenoxy) is 2. The molecule has 2 N–H and O–H groups in total. The van der Waals surface area contributed by atoms with Crippen LogP contribution in [-0.4, -0.2) is 75.8 Å². The number of nitrogens with zero attached hydrogens (tertiary/aromatic N) is 3. The summed E-state index contributed by atoms with van der Waals surface area (Å²) >= 11 is 0.883. The second-order valence-corrected chi connectivity index (χ2v) is 10.1. The number of halogens is 1. The number of amides is 4. The van der Waals surface area contributed by atoms with E-state index < -0.39 is 24.1 Å². The SMILES string of the molecule is COC(=O)NC[C@H]1CN(c2ccc(N3CCN(c4ccc(/C=C5\SC(=O)NC5=O)cc4)CC3)c(F)c2)C(=O)O1. The second-order valence-electron chi connectivity index (χ2n) is 9.04.